The highest BCUT2D eigenvalue weighted by Gasteiger charge is 2.03. The minimum atomic E-state index is 0.555. The lowest BCUT2D eigenvalue weighted by Crippen LogP contribution is -2.31. The summed E-state index contributed by atoms with van der Waals surface area (Å²) < 4.78 is 10.2. The van der Waals surface area contributed by atoms with E-state index in [4.69, 9.17) is 15.2 Å². The second-order valence-electron chi connectivity index (χ2n) is 3.71. The molecule has 0 aliphatic heterocycles. The van der Waals surface area contributed by atoms with Gasteiger partial charge in [-0.05, 0) is 19.5 Å². The number of nitrogens with two attached hydrogens (primary N) is 1. The van der Waals surface area contributed by atoms with E-state index in [0.29, 0.717) is 19.1 Å². The second-order valence-corrected chi connectivity index (χ2v) is 3.71. The van der Waals surface area contributed by atoms with Crippen molar-refractivity contribution in [3.63, 3.8) is 0 Å². The van der Waals surface area contributed by atoms with E-state index >= 15 is 0 Å². The standard InChI is InChI=1S/C10H24N2O2/c1-10(8-11)9-12(2)4-5-14-7-6-13-3/h10H,4-9,11H2,1-3H3. The minimum Gasteiger partial charge on any atom is -0.382 e. The molecule has 0 rings (SSSR count). The van der Waals surface area contributed by atoms with Crippen LogP contribution >= 0.6 is 0 Å². The van der Waals surface area contributed by atoms with Crippen LogP contribution in [-0.4, -0.2) is 58.5 Å². The van der Waals surface area contributed by atoms with Crippen molar-refractivity contribution in [2.24, 2.45) is 11.7 Å². The molecule has 0 saturated heterocycles. The normalized spacial score (nSPS) is 13.5. The highest BCUT2D eigenvalue weighted by atomic mass is 16.5. The molecule has 0 aromatic carbocycles. The van der Waals surface area contributed by atoms with Crippen molar-refractivity contribution in [1.82, 2.24) is 4.90 Å². The summed E-state index contributed by atoms with van der Waals surface area (Å²) in [6.45, 7) is 6.99. The van der Waals surface area contributed by atoms with Gasteiger partial charge in [0.05, 0.1) is 19.8 Å². The fourth-order valence-corrected chi connectivity index (χ4v) is 1.16. The molecule has 0 amide bonds. The highest BCUT2D eigenvalue weighted by molar-refractivity contribution is 4.58. The Labute approximate surface area is 87.4 Å². The van der Waals surface area contributed by atoms with Gasteiger partial charge in [-0.1, -0.05) is 6.92 Å². The molecule has 0 saturated carbocycles. The number of hydrogen-bond acceptors (Lipinski definition) is 4. The molecule has 1 unspecified atom stereocenters. The average Bonchev–Trinajstić information content (AvgIpc) is 2.17. The van der Waals surface area contributed by atoms with Gasteiger partial charge in [0.1, 0.15) is 0 Å². The van der Waals surface area contributed by atoms with E-state index in [0.717, 1.165) is 26.2 Å². The summed E-state index contributed by atoms with van der Waals surface area (Å²) in [7, 11) is 3.77. The van der Waals surface area contributed by atoms with Crippen molar-refractivity contribution < 1.29 is 9.47 Å². The first-order valence-corrected chi connectivity index (χ1v) is 5.16. The predicted octanol–water partition coefficient (Wildman–Crippen LogP) is 0.176. The van der Waals surface area contributed by atoms with Crippen LogP contribution in [0.5, 0.6) is 0 Å². The molecule has 0 aliphatic carbocycles. The second kappa shape index (κ2) is 9.40. The SMILES string of the molecule is COCCOCCN(C)CC(C)CN. The van der Waals surface area contributed by atoms with E-state index in [2.05, 4.69) is 18.9 Å². The van der Waals surface area contributed by atoms with Gasteiger partial charge in [-0.15, -0.1) is 0 Å². The lowest BCUT2D eigenvalue weighted by Gasteiger charge is -2.19. The van der Waals surface area contributed by atoms with Gasteiger partial charge in [0.2, 0.25) is 0 Å². The van der Waals surface area contributed by atoms with E-state index in [9.17, 15) is 0 Å². The molecule has 4 nitrogen and oxygen atoms in total. The Balaban J connectivity index is 3.22. The predicted molar refractivity (Wildman–Crippen MR) is 58.4 cm³/mol. The van der Waals surface area contributed by atoms with E-state index in [-0.39, 0.29) is 0 Å². The molecule has 0 fully saturated rings. The van der Waals surface area contributed by atoms with Gasteiger partial charge < -0.3 is 20.1 Å². The first-order chi connectivity index (χ1) is 6.70. The van der Waals surface area contributed by atoms with Gasteiger partial charge >= 0.3 is 0 Å². The molecule has 4 heteroatoms. The number of nitrogens with zero attached hydrogens (tertiary/aromatic N) is 1. The monoisotopic (exact) mass is 204 g/mol. The van der Waals surface area contributed by atoms with E-state index < -0.39 is 0 Å². The quantitative estimate of drug-likeness (QED) is 0.544. The smallest absolute Gasteiger partial charge is 0.0700 e. The summed E-state index contributed by atoms with van der Waals surface area (Å²) in [6, 6.07) is 0. The molecule has 0 spiro atoms. The van der Waals surface area contributed by atoms with Crippen LogP contribution in [0, 0.1) is 5.92 Å². The molecule has 0 aromatic heterocycles. The molecule has 0 aromatic rings. The number of ether oxygens (including phenoxy) is 2. The third-order valence-electron chi connectivity index (χ3n) is 2.07. The zero-order valence-electron chi connectivity index (χ0n) is 9.66. The highest BCUT2D eigenvalue weighted by Crippen LogP contribution is 1.94. The largest absolute Gasteiger partial charge is 0.382 e. The maximum absolute atomic E-state index is 5.54. The van der Waals surface area contributed by atoms with Crippen LogP contribution in [0.25, 0.3) is 0 Å². The fourth-order valence-electron chi connectivity index (χ4n) is 1.16. The Bertz CT molecular complexity index is 123. The zero-order chi connectivity index (χ0) is 10.8. The number of hydrogen-bond donors (Lipinski definition) is 1. The van der Waals surface area contributed by atoms with Crippen LogP contribution in [0.2, 0.25) is 0 Å². The molecular formula is C10H24N2O2. The fraction of sp³-hybridized carbons (Fsp3) is 1.00. The number of methoxy groups -OCH3 is 1. The van der Waals surface area contributed by atoms with Crippen LogP contribution in [0.3, 0.4) is 0 Å². The first kappa shape index (κ1) is 13.8. The molecular weight excluding hydrogens is 180 g/mol. The van der Waals surface area contributed by atoms with Crippen molar-refractivity contribution in [2.45, 2.75) is 6.92 Å². The summed E-state index contributed by atoms with van der Waals surface area (Å²) in [4.78, 5) is 2.24. The molecule has 0 bridgehead atoms. The summed E-state index contributed by atoms with van der Waals surface area (Å²) >= 11 is 0. The van der Waals surface area contributed by atoms with Crippen LogP contribution in [0.1, 0.15) is 6.92 Å². The van der Waals surface area contributed by atoms with E-state index in [1.54, 1.807) is 7.11 Å². The topological polar surface area (TPSA) is 47.7 Å². The van der Waals surface area contributed by atoms with Crippen molar-refractivity contribution >= 4 is 0 Å². The Morgan fingerprint density at radius 2 is 2.00 bits per heavy atom. The van der Waals surface area contributed by atoms with Crippen LogP contribution < -0.4 is 5.73 Å². The van der Waals surface area contributed by atoms with Crippen molar-refractivity contribution in [3.05, 3.63) is 0 Å². The first-order valence-electron chi connectivity index (χ1n) is 5.16. The number of likely N-dealkylation sites (N-methyl/N-ethyl adjacent to an activating group) is 1. The van der Waals surface area contributed by atoms with Crippen LogP contribution in [-0.2, 0) is 9.47 Å². The molecule has 0 heterocycles. The van der Waals surface area contributed by atoms with Gasteiger partial charge in [0.15, 0.2) is 0 Å². The van der Waals surface area contributed by atoms with Gasteiger partial charge in [-0.2, -0.15) is 0 Å². The summed E-state index contributed by atoms with van der Waals surface area (Å²) in [5, 5.41) is 0. The zero-order valence-corrected chi connectivity index (χ0v) is 9.66. The lowest BCUT2D eigenvalue weighted by molar-refractivity contribution is 0.0592. The molecule has 1 atom stereocenters. The van der Waals surface area contributed by atoms with Crippen molar-refractivity contribution in [2.75, 3.05) is 53.6 Å². The number of rotatable bonds is 9. The molecule has 0 aliphatic rings. The Morgan fingerprint density at radius 1 is 1.29 bits per heavy atom. The lowest BCUT2D eigenvalue weighted by atomic mass is 10.2. The summed E-state index contributed by atoms with van der Waals surface area (Å²) in [5.41, 5.74) is 5.54. The summed E-state index contributed by atoms with van der Waals surface area (Å²) in [6.07, 6.45) is 0. The van der Waals surface area contributed by atoms with Gasteiger partial charge in [0.25, 0.3) is 0 Å². The Hall–Kier alpha value is -0.160. The maximum Gasteiger partial charge on any atom is 0.0700 e. The maximum atomic E-state index is 5.54. The summed E-state index contributed by atoms with van der Waals surface area (Å²) in [5.74, 6) is 0.555. The van der Waals surface area contributed by atoms with Crippen LogP contribution in [0.15, 0.2) is 0 Å². The molecule has 0 radical (unpaired) electrons. The van der Waals surface area contributed by atoms with Gasteiger partial charge in [0, 0.05) is 20.2 Å². The minimum absolute atomic E-state index is 0.555. The van der Waals surface area contributed by atoms with Crippen LogP contribution in [0.4, 0.5) is 0 Å². The van der Waals surface area contributed by atoms with E-state index in [1.165, 1.54) is 0 Å². The van der Waals surface area contributed by atoms with Gasteiger partial charge in [-0.25, -0.2) is 0 Å². The Morgan fingerprint density at radius 3 is 2.57 bits per heavy atom. The van der Waals surface area contributed by atoms with Gasteiger partial charge in [-0.3, -0.25) is 0 Å². The third kappa shape index (κ3) is 8.44. The van der Waals surface area contributed by atoms with E-state index in [1.807, 2.05) is 0 Å². The molecule has 86 valence electrons. The average molecular weight is 204 g/mol. The molecule has 2 N–H and O–H groups in total. The van der Waals surface area contributed by atoms with Crippen molar-refractivity contribution in [1.29, 1.82) is 0 Å². The third-order valence-corrected chi connectivity index (χ3v) is 2.07. The molecule has 14 heavy (non-hydrogen) atoms. The van der Waals surface area contributed by atoms with Crippen molar-refractivity contribution in [3.8, 4) is 0 Å². The Kier molecular flexibility index (Phi) is 9.29.